The maximum Gasteiger partial charge on any atom is 0.341 e. The molecule has 3 aromatic rings. The minimum Gasteiger partial charge on any atom is -0.477 e. The maximum absolute atomic E-state index is 12.6. The molecule has 0 aromatic carbocycles. The normalized spacial score (nSPS) is 14.0. The number of hydrogen-bond acceptors (Lipinski definition) is 3. The van der Waals surface area contributed by atoms with Crippen molar-refractivity contribution in [1.29, 1.82) is 0 Å². The highest BCUT2D eigenvalue weighted by Crippen LogP contribution is 2.43. The summed E-state index contributed by atoms with van der Waals surface area (Å²) in [6, 6.07) is 7.42. The molecule has 5 nitrogen and oxygen atoms in total. The fourth-order valence-electron chi connectivity index (χ4n) is 3.48. The van der Waals surface area contributed by atoms with E-state index in [9.17, 15) is 14.7 Å². The van der Waals surface area contributed by atoms with Crippen LogP contribution >= 0.6 is 0 Å². The molecule has 1 N–H and O–H groups in total. The molecular weight excluding hydrogens is 316 g/mol. The maximum atomic E-state index is 12.6. The molecule has 4 rings (SSSR count). The van der Waals surface area contributed by atoms with Crippen LogP contribution in [0.4, 0.5) is 0 Å². The summed E-state index contributed by atoms with van der Waals surface area (Å²) in [5, 5.41) is 9.36. The second-order valence-corrected chi connectivity index (χ2v) is 6.66. The molecule has 1 aliphatic rings. The van der Waals surface area contributed by atoms with Gasteiger partial charge in [0.1, 0.15) is 5.56 Å². The molecule has 0 aliphatic heterocycles. The number of aromatic carboxylic acids is 1. The number of pyridine rings is 3. The highest BCUT2D eigenvalue weighted by molar-refractivity contribution is 5.89. The minimum atomic E-state index is -1.17. The first-order chi connectivity index (χ1) is 12.0. The Morgan fingerprint density at radius 1 is 1.24 bits per heavy atom. The van der Waals surface area contributed by atoms with Crippen molar-refractivity contribution >= 4 is 11.5 Å². The topological polar surface area (TPSA) is 71.7 Å². The zero-order chi connectivity index (χ0) is 17.7. The van der Waals surface area contributed by atoms with E-state index in [4.69, 9.17) is 0 Å². The first-order valence-electron chi connectivity index (χ1n) is 8.32. The summed E-state index contributed by atoms with van der Waals surface area (Å²) in [6.45, 7) is 3.94. The third kappa shape index (κ3) is 2.52. The van der Waals surface area contributed by atoms with E-state index in [-0.39, 0.29) is 5.56 Å². The van der Waals surface area contributed by atoms with E-state index in [1.54, 1.807) is 18.5 Å². The fraction of sp³-hybridized carbons (Fsp3) is 0.250. The van der Waals surface area contributed by atoms with Crippen molar-refractivity contribution in [3.63, 3.8) is 0 Å². The number of carboxylic acids is 1. The van der Waals surface area contributed by atoms with E-state index in [1.807, 2.05) is 32.0 Å². The van der Waals surface area contributed by atoms with Gasteiger partial charge in [0.15, 0.2) is 0 Å². The Bertz CT molecular complexity index is 1080. The first-order valence-corrected chi connectivity index (χ1v) is 8.32. The molecule has 5 heteroatoms. The first kappa shape index (κ1) is 15.6. The largest absolute Gasteiger partial charge is 0.477 e. The molecule has 25 heavy (non-hydrogen) atoms. The van der Waals surface area contributed by atoms with Crippen LogP contribution in [0, 0.1) is 13.8 Å². The monoisotopic (exact) mass is 334 g/mol. The highest BCUT2D eigenvalue weighted by Gasteiger charge is 2.29. The van der Waals surface area contributed by atoms with Crippen LogP contribution in [0.5, 0.6) is 0 Å². The molecular formula is C20H18N2O3. The lowest BCUT2D eigenvalue weighted by Gasteiger charge is -2.15. The highest BCUT2D eigenvalue weighted by atomic mass is 16.4. The number of carbonyl (C=O) groups is 1. The molecule has 0 unspecified atom stereocenters. The van der Waals surface area contributed by atoms with E-state index in [0.29, 0.717) is 5.92 Å². The third-order valence-corrected chi connectivity index (χ3v) is 4.87. The van der Waals surface area contributed by atoms with Gasteiger partial charge in [-0.25, -0.2) is 4.79 Å². The van der Waals surface area contributed by atoms with Gasteiger partial charge in [-0.1, -0.05) is 0 Å². The number of fused-ring (bicyclic) bond motifs is 1. The Morgan fingerprint density at radius 3 is 2.64 bits per heavy atom. The second-order valence-electron chi connectivity index (χ2n) is 6.66. The zero-order valence-corrected chi connectivity index (χ0v) is 14.1. The molecule has 126 valence electrons. The van der Waals surface area contributed by atoms with Gasteiger partial charge in [-0.3, -0.25) is 14.2 Å². The summed E-state index contributed by atoms with van der Waals surface area (Å²) in [6.07, 6.45) is 5.53. The van der Waals surface area contributed by atoms with Crippen molar-refractivity contribution in [2.45, 2.75) is 32.6 Å². The van der Waals surface area contributed by atoms with Crippen molar-refractivity contribution in [3.8, 4) is 11.1 Å². The number of aromatic nitrogens is 2. The van der Waals surface area contributed by atoms with E-state index < -0.39 is 11.5 Å². The Hall–Kier alpha value is -2.95. The van der Waals surface area contributed by atoms with E-state index in [1.165, 1.54) is 4.40 Å². The summed E-state index contributed by atoms with van der Waals surface area (Å²) < 4.78 is 1.49. The van der Waals surface area contributed by atoms with Crippen LogP contribution in [-0.4, -0.2) is 20.5 Å². The smallest absolute Gasteiger partial charge is 0.341 e. The molecule has 3 heterocycles. The van der Waals surface area contributed by atoms with Gasteiger partial charge >= 0.3 is 5.97 Å². The van der Waals surface area contributed by atoms with Crippen LogP contribution in [0.2, 0.25) is 0 Å². The third-order valence-electron chi connectivity index (χ3n) is 4.87. The lowest BCUT2D eigenvalue weighted by molar-refractivity contribution is 0.0694. The lowest BCUT2D eigenvalue weighted by atomic mass is 9.97. The SMILES string of the molecule is Cc1cc(-c2ccn3c(=O)c(C(=O)O)cc(C4CC4)c3c2C)ccn1. The molecule has 1 fully saturated rings. The molecule has 1 aliphatic carbocycles. The number of rotatable bonds is 3. The number of aryl methyl sites for hydroxylation is 2. The summed E-state index contributed by atoms with van der Waals surface area (Å²) in [4.78, 5) is 28.3. The Morgan fingerprint density at radius 2 is 2.00 bits per heavy atom. The predicted octanol–water partition coefficient (Wildman–Crippen LogP) is 3.55. The Balaban J connectivity index is 2.07. The van der Waals surface area contributed by atoms with Crippen LogP contribution in [0.15, 0.2) is 41.5 Å². The number of nitrogens with zero attached hydrogens (tertiary/aromatic N) is 2. The molecule has 0 spiro atoms. The van der Waals surface area contributed by atoms with E-state index in [2.05, 4.69) is 4.98 Å². The van der Waals surface area contributed by atoms with Crippen molar-refractivity contribution in [1.82, 2.24) is 9.38 Å². The van der Waals surface area contributed by atoms with Crippen molar-refractivity contribution in [2.24, 2.45) is 0 Å². The van der Waals surface area contributed by atoms with Gasteiger partial charge in [-0.05, 0) is 79.1 Å². The average molecular weight is 334 g/mol. The molecule has 0 saturated heterocycles. The Kier molecular flexibility index (Phi) is 3.46. The molecule has 0 amide bonds. The van der Waals surface area contributed by atoms with Crippen molar-refractivity contribution in [3.05, 3.63) is 69.4 Å². The number of hydrogen-bond donors (Lipinski definition) is 1. The van der Waals surface area contributed by atoms with Crippen LogP contribution in [0.3, 0.4) is 0 Å². The molecule has 3 aromatic heterocycles. The van der Waals surface area contributed by atoms with Gasteiger partial charge < -0.3 is 5.11 Å². The van der Waals surface area contributed by atoms with E-state index >= 15 is 0 Å². The minimum absolute atomic E-state index is 0.161. The summed E-state index contributed by atoms with van der Waals surface area (Å²) >= 11 is 0. The standard InChI is InChI=1S/C20H18N2O3/c1-11-9-14(5-7-21-11)15-6-8-22-18(12(15)2)16(13-3-4-13)10-17(19(22)23)20(24)25/h5-10,13H,3-4H2,1-2H3,(H,24,25). The van der Waals surface area contributed by atoms with Crippen LogP contribution < -0.4 is 5.56 Å². The zero-order valence-electron chi connectivity index (χ0n) is 14.1. The molecule has 0 radical (unpaired) electrons. The Labute approximate surface area is 144 Å². The van der Waals surface area contributed by atoms with Crippen LogP contribution in [0.1, 0.15) is 45.9 Å². The predicted molar refractivity (Wildman–Crippen MR) is 95.3 cm³/mol. The van der Waals surface area contributed by atoms with Gasteiger partial charge in [0.05, 0.1) is 5.52 Å². The van der Waals surface area contributed by atoms with Gasteiger partial charge in [0, 0.05) is 18.1 Å². The quantitative estimate of drug-likeness (QED) is 0.795. The van der Waals surface area contributed by atoms with Gasteiger partial charge in [0.2, 0.25) is 0 Å². The molecule has 1 saturated carbocycles. The van der Waals surface area contributed by atoms with Crippen molar-refractivity contribution in [2.75, 3.05) is 0 Å². The van der Waals surface area contributed by atoms with Crippen LogP contribution in [0.25, 0.3) is 16.6 Å². The van der Waals surface area contributed by atoms with Crippen LogP contribution in [-0.2, 0) is 0 Å². The van der Waals surface area contributed by atoms with Gasteiger partial charge in [0.25, 0.3) is 5.56 Å². The number of carboxylic acid groups (broad SMARTS) is 1. The lowest BCUT2D eigenvalue weighted by Crippen LogP contribution is -2.23. The summed E-state index contributed by atoms with van der Waals surface area (Å²) in [5.74, 6) is -0.838. The summed E-state index contributed by atoms with van der Waals surface area (Å²) in [7, 11) is 0. The van der Waals surface area contributed by atoms with Gasteiger partial charge in [-0.15, -0.1) is 0 Å². The second kappa shape index (κ2) is 5.55. The van der Waals surface area contributed by atoms with E-state index in [0.717, 1.165) is 46.3 Å². The molecule has 0 bridgehead atoms. The average Bonchev–Trinajstić information content (AvgIpc) is 3.40. The summed E-state index contributed by atoms with van der Waals surface area (Å²) in [5.41, 5.74) is 5.16. The van der Waals surface area contributed by atoms with Gasteiger partial charge in [-0.2, -0.15) is 0 Å². The molecule has 0 atom stereocenters. The van der Waals surface area contributed by atoms with Crippen molar-refractivity contribution < 1.29 is 9.90 Å². The fourth-order valence-corrected chi connectivity index (χ4v) is 3.48.